The van der Waals surface area contributed by atoms with Gasteiger partial charge in [0.1, 0.15) is 23.6 Å². The van der Waals surface area contributed by atoms with Gasteiger partial charge in [-0.05, 0) is 44.9 Å². The van der Waals surface area contributed by atoms with Crippen molar-refractivity contribution in [1.29, 1.82) is 0 Å². The van der Waals surface area contributed by atoms with Crippen LogP contribution in [0.2, 0.25) is 0 Å². The summed E-state index contributed by atoms with van der Waals surface area (Å²) in [5.74, 6) is -0.432. The van der Waals surface area contributed by atoms with E-state index in [0.29, 0.717) is 23.2 Å². The number of nitrogens with zero attached hydrogens (tertiary/aromatic N) is 1. The molecule has 8 nitrogen and oxygen atoms in total. The lowest BCUT2D eigenvalue weighted by Gasteiger charge is -2.38. The van der Waals surface area contributed by atoms with Crippen LogP contribution < -0.4 is 0 Å². The second-order valence-electron chi connectivity index (χ2n) is 9.73. The van der Waals surface area contributed by atoms with Crippen LogP contribution in [0.3, 0.4) is 0 Å². The topological polar surface area (TPSA) is 91.4 Å². The van der Waals surface area contributed by atoms with Crippen molar-refractivity contribution in [2.24, 2.45) is 0 Å². The highest BCUT2D eigenvalue weighted by Crippen LogP contribution is 2.36. The zero-order chi connectivity index (χ0) is 26.5. The van der Waals surface area contributed by atoms with E-state index in [-0.39, 0.29) is 26.4 Å². The number of halogens is 1. The number of carbonyl (C=O) groups is 1. The average Bonchev–Trinajstić information content (AvgIpc) is 2.77. The summed E-state index contributed by atoms with van der Waals surface area (Å²) in [5.41, 5.74) is 1.85. The first-order chi connectivity index (χ1) is 16.8. The summed E-state index contributed by atoms with van der Waals surface area (Å²) in [4.78, 5) is 14.3. The van der Waals surface area contributed by atoms with Gasteiger partial charge in [0.15, 0.2) is 0 Å². The molecule has 0 N–H and O–H groups in total. The minimum absolute atomic E-state index is 0.0895. The summed E-state index contributed by atoms with van der Waals surface area (Å²) in [6.07, 6.45) is -0.997. The molecule has 1 aliphatic rings. The molecule has 2 atom stereocenters. The molecule has 1 saturated heterocycles. The van der Waals surface area contributed by atoms with Crippen LogP contribution in [-0.2, 0) is 28.5 Å². The number of aryl methyl sites for hydroxylation is 1. The molecule has 0 radical (unpaired) electrons. The molecule has 0 spiro atoms. The van der Waals surface area contributed by atoms with Crippen molar-refractivity contribution in [2.45, 2.75) is 45.5 Å². The summed E-state index contributed by atoms with van der Waals surface area (Å²) >= 11 is 0. The summed E-state index contributed by atoms with van der Waals surface area (Å²) in [5, 5.41) is 0. The molecular weight excluding hydrogens is 489 g/mol. The van der Waals surface area contributed by atoms with Crippen LogP contribution in [0.1, 0.15) is 38.0 Å². The van der Waals surface area contributed by atoms with Crippen LogP contribution in [0.5, 0.6) is 0 Å². The Morgan fingerprint density at radius 2 is 1.92 bits per heavy atom. The maximum atomic E-state index is 15.2. The van der Waals surface area contributed by atoms with Crippen LogP contribution in [0.15, 0.2) is 42.5 Å². The second kappa shape index (κ2) is 11.7. The predicted octanol–water partition coefficient (Wildman–Crippen LogP) is 4.47. The fraction of sp³-hybridized carbons (Fsp3) is 0.500. The molecule has 1 heterocycles. The van der Waals surface area contributed by atoms with Crippen molar-refractivity contribution < 1.29 is 36.0 Å². The van der Waals surface area contributed by atoms with Gasteiger partial charge in [-0.1, -0.05) is 42.0 Å². The van der Waals surface area contributed by atoms with E-state index in [2.05, 4.69) is 0 Å². The number of carbonyl (C=O) groups excluding carboxylic acids is 1. The van der Waals surface area contributed by atoms with Crippen molar-refractivity contribution in [2.75, 3.05) is 39.2 Å². The Balaban J connectivity index is 1.95. The van der Waals surface area contributed by atoms with Crippen LogP contribution in [0.4, 0.5) is 9.18 Å². The average molecular weight is 524 g/mol. The van der Waals surface area contributed by atoms with E-state index in [0.717, 1.165) is 11.8 Å². The largest absolute Gasteiger partial charge is 0.444 e. The Hall–Kier alpha value is -2.53. The third kappa shape index (κ3) is 7.99. The summed E-state index contributed by atoms with van der Waals surface area (Å²) < 4.78 is 60.4. The van der Waals surface area contributed by atoms with Crippen molar-refractivity contribution in [3.63, 3.8) is 0 Å². The maximum absolute atomic E-state index is 15.2. The molecule has 0 unspecified atom stereocenters. The van der Waals surface area contributed by atoms with E-state index < -0.39 is 39.8 Å². The molecule has 0 aliphatic carbocycles. The van der Waals surface area contributed by atoms with Gasteiger partial charge >= 0.3 is 6.09 Å². The van der Waals surface area contributed by atoms with E-state index >= 15 is 4.39 Å². The Morgan fingerprint density at radius 1 is 1.19 bits per heavy atom. The molecule has 10 heteroatoms. The molecule has 1 fully saturated rings. The van der Waals surface area contributed by atoms with Gasteiger partial charge in [-0.15, -0.1) is 0 Å². The Bertz CT molecular complexity index is 1160. The van der Waals surface area contributed by atoms with Gasteiger partial charge < -0.3 is 19.1 Å². The molecule has 3 rings (SSSR count). The lowest BCUT2D eigenvalue weighted by Crippen LogP contribution is -2.49. The minimum Gasteiger partial charge on any atom is -0.444 e. The van der Waals surface area contributed by atoms with E-state index in [1.807, 2.05) is 31.2 Å². The number of amides is 1. The van der Waals surface area contributed by atoms with Crippen LogP contribution in [0, 0.1) is 12.7 Å². The number of morpholine rings is 1. The van der Waals surface area contributed by atoms with Gasteiger partial charge in [0.05, 0.1) is 32.6 Å². The summed E-state index contributed by atoms with van der Waals surface area (Å²) in [6, 6.07) is 12.2. The van der Waals surface area contributed by atoms with Crippen LogP contribution in [-0.4, -0.2) is 70.3 Å². The first-order valence-electron chi connectivity index (χ1n) is 11.7. The number of rotatable bonds is 8. The predicted molar refractivity (Wildman–Crippen MR) is 134 cm³/mol. The van der Waals surface area contributed by atoms with Gasteiger partial charge in [0, 0.05) is 12.1 Å². The van der Waals surface area contributed by atoms with Crippen LogP contribution >= 0.6 is 0 Å². The van der Waals surface area contributed by atoms with E-state index in [1.54, 1.807) is 32.9 Å². The second-order valence-corrected chi connectivity index (χ2v) is 11.4. The lowest BCUT2D eigenvalue weighted by molar-refractivity contribution is -0.115. The lowest BCUT2D eigenvalue weighted by atomic mass is 9.92. The standard InChI is InChI=1S/C26H34FNO7S/c1-18-8-6-9-19(16-18)23-20(10-7-11-21(23)27)24(33-14-15-34-36(5,30)31)22-17-28(12-13-32-22)25(29)35-26(2,3)4/h6-11,16,22,24H,12-15,17H2,1-5H3/t22-,24+/m1/s1. The monoisotopic (exact) mass is 523 g/mol. The first kappa shape index (κ1) is 28.0. The molecular formula is C26H34FNO7S. The molecule has 0 aromatic heterocycles. The third-order valence-corrected chi connectivity index (χ3v) is 6.01. The molecule has 2 aromatic rings. The van der Waals surface area contributed by atoms with Gasteiger partial charge in [0.25, 0.3) is 10.1 Å². The number of ether oxygens (including phenoxy) is 3. The molecule has 2 aromatic carbocycles. The normalized spacial score (nSPS) is 17.6. The summed E-state index contributed by atoms with van der Waals surface area (Å²) in [6.45, 7) is 7.70. The molecule has 36 heavy (non-hydrogen) atoms. The molecule has 1 aliphatic heterocycles. The highest BCUT2D eigenvalue weighted by atomic mass is 32.2. The quantitative estimate of drug-likeness (QED) is 0.372. The Kier molecular flexibility index (Phi) is 9.10. The Labute approximate surface area is 212 Å². The fourth-order valence-electron chi connectivity index (χ4n) is 3.99. The van der Waals surface area contributed by atoms with Crippen molar-refractivity contribution >= 4 is 16.2 Å². The van der Waals surface area contributed by atoms with Gasteiger partial charge in [-0.2, -0.15) is 8.42 Å². The third-order valence-electron chi connectivity index (χ3n) is 5.42. The van der Waals surface area contributed by atoms with Gasteiger partial charge in [-0.3, -0.25) is 4.18 Å². The van der Waals surface area contributed by atoms with Crippen molar-refractivity contribution in [3.8, 4) is 11.1 Å². The Morgan fingerprint density at radius 3 is 2.58 bits per heavy atom. The maximum Gasteiger partial charge on any atom is 0.410 e. The van der Waals surface area contributed by atoms with E-state index in [1.165, 1.54) is 11.0 Å². The first-order valence-corrected chi connectivity index (χ1v) is 13.6. The summed E-state index contributed by atoms with van der Waals surface area (Å²) in [7, 11) is -3.65. The zero-order valence-electron chi connectivity index (χ0n) is 21.3. The van der Waals surface area contributed by atoms with Gasteiger partial charge in [-0.25, -0.2) is 9.18 Å². The number of benzene rings is 2. The smallest absolute Gasteiger partial charge is 0.410 e. The van der Waals surface area contributed by atoms with Crippen molar-refractivity contribution in [1.82, 2.24) is 4.90 Å². The number of hydrogen-bond acceptors (Lipinski definition) is 7. The highest BCUT2D eigenvalue weighted by Gasteiger charge is 2.35. The van der Waals surface area contributed by atoms with Gasteiger partial charge in [0.2, 0.25) is 0 Å². The van der Waals surface area contributed by atoms with Crippen molar-refractivity contribution in [3.05, 3.63) is 59.4 Å². The zero-order valence-corrected chi connectivity index (χ0v) is 22.1. The molecule has 198 valence electrons. The number of hydrogen-bond donors (Lipinski definition) is 0. The highest BCUT2D eigenvalue weighted by molar-refractivity contribution is 7.85. The molecule has 1 amide bonds. The van der Waals surface area contributed by atoms with E-state index in [4.69, 9.17) is 18.4 Å². The minimum atomic E-state index is -3.65. The van der Waals surface area contributed by atoms with E-state index in [9.17, 15) is 13.2 Å². The van der Waals surface area contributed by atoms with Crippen LogP contribution in [0.25, 0.3) is 11.1 Å². The molecule has 0 bridgehead atoms. The SMILES string of the molecule is Cc1cccc(-c2c(F)cccc2[C@H](OCCOS(C)(=O)=O)[C@H]2CN(C(=O)OC(C)(C)C)CCO2)c1. The molecule has 0 saturated carbocycles. The fourth-order valence-corrected chi connectivity index (χ4v) is 4.36.